The van der Waals surface area contributed by atoms with Gasteiger partial charge in [-0.3, -0.25) is 0 Å². The van der Waals surface area contributed by atoms with Crippen LogP contribution in [0.3, 0.4) is 0 Å². The molecule has 0 aliphatic carbocycles. The van der Waals surface area contributed by atoms with E-state index in [1.54, 1.807) is 0 Å². The van der Waals surface area contributed by atoms with Crippen LogP contribution in [0.25, 0.3) is 0 Å². The van der Waals surface area contributed by atoms with Gasteiger partial charge < -0.3 is 10.1 Å². The normalized spacial score (nSPS) is 30.2. The average molecular weight is 213 g/mol. The van der Waals surface area contributed by atoms with E-state index in [-0.39, 0.29) is 0 Å². The van der Waals surface area contributed by atoms with E-state index in [1.807, 2.05) is 7.11 Å². The van der Waals surface area contributed by atoms with Gasteiger partial charge in [-0.1, -0.05) is 20.8 Å². The quantitative estimate of drug-likeness (QED) is 0.778. The van der Waals surface area contributed by atoms with Gasteiger partial charge in [0, 0.05) is 7.11 Å². The molecule has 0 bridgehead atoms. The molecule has 1 heterocycles. The summed E-state index contributed by atoms with van der Waals surface area (Å²) in [6.07, 6.45) is 2.94. The fraction of sp³-hybridized carbons (Fsp3) is 1.00. The molecule has 0 radical (unpaired) electrons. The Morgan fingerprint density at radius 1 is 1.33 bits per heavy atom. The molecule has 0 saturated carbocycles. The minimum atomic E-state index is 0.399. The zero-order valence-corrected chi connectivity index (χ0v) is 11.0. The highest BCUT2D eigenvalue weighted by Gasteiger charge is 2.30. The summed E-state index contributed by atoms with van der Waals surface area (Å²) in [5.41, 5.74) is 0.433. The number of methoxy groups -OCH3 is 1. The van der Waals surface area contributed by atoms with Crippen LogP contribution in [0.15, 0.2) is 0 Å². The summed E-state index contributed by atoms with van der Waals surface area (Å²) < 4.78 is 5.35. The average Bonchev–Trinajstić information content (AvgIpc) is 2.17. The van der Waals surface area contributed by atoms with E-state index in [0.29, 0.717) is 11.5 Å². The first-order chi connectivity index (χ1) is 6.93. The number of hydrogen-bond acceptors (Lipinski definition) is 2. The van der Waals surface area contributed by atoms with E-state index in [9.17, 15) is 0 Å². The smallest absolute Gasteiger partial charge is 0.0546 e. The standard InChI is InChI=1S/C13H27NO/c1-10(15-5)6-11-7-12(9-14-8-11)13(2,3)4/h10-12,14H,6-9H2,1-5H3. The highest BCUT2D eigenvalue weighted by atomic mass is 16.5. The predicted octanol–water partition coefficient (Wildman–Crippen LogP) is 2.68. The maximum absolute atomic E-state index is 5.35. The summed E-state index contributed by atoms with van der Waals surface area (Å²) in [6.45, 7) is 11.6. The first-order valence-electron chi connectivity index (χ1n) is 6.17. The molecule has 15 heavy (non-hydrogen) atoms. The Morgan fingerprint density at radius 2 is 2.00 bits per heavy atom. The van der Waals surface area contributed by atoms with E-state index < -0.39 is 0 Å². The van der Waals surface area contributed by atoms with E-state index in [0.717, 1.165) is 11.8 Å². The van der Waals surface area contributed by atoms with E-state index in [4.69, 9.17) is 4.74 Å². The van der Waals surface area contributed by atoms with Gasteiger partial charge in [-0.2, -0.15) is 0 Å². The zero-order valence-electron chi connectivity index (χ0n) is 11.0. The van der Waals surface area contributed by atoms with Gasteiger partial charge in [-0.05, 0) is 50.1 Å². The van der Waals surface area contributed by atoms with Crippen molar-refractivity contribution in [1.82, 2.24) is 5.32 Å². The maximum Gasteiger partial charge on any atom is 0.0546 e. The van der Waals surface area contributed by atoms with Crippen LogP contribution in [0.1, 0.15) is 40.5 Å². The fourth-order valence-electron chi connectivity index (χ4n) is 2.44. The van der Waals surface area contributed by atoms with E-state index in [2.05, 4.69) is 33.0 Å². The number of rotatable bonds is 3. The first kappa shape index (κ1) is 13.0. The van der Waals surface area contributed by atoms with Gasteiger partial charge in [-0.25, -0.2) is 0 Å². The van der Waals surface area contributed by atoms with Gasteiger partial charge in [-0.15, -0.1) is 0 Å². The number of ether oxygens (including phenoxy) is 1. The van der Waals surface area contributed by atoms with Gasteiger partial charge in [0.2, 0.25) is 0 Å². The first-order valence-corrected chi connectivity index (χ1v) is 6.17. The summed E-state index contributed by atoms with van der Waals surface area (Å²) in [5.74, 6) is 1.60. The molecule has 1 rings (SSSR count). The van der Waals surface area contributed by atoms with Gasteiger partial charge in [0.25, 0.3) is 0 Å². The molecule has 90 valence electrons. The minimum absolute atomic E-state index is 0.399. The van der Waals surface area contributed by atoms with Crippen molar-refractivity contribution in [3.8, 4) is 0 Å². The lowest BCUT2D eigenvalue weighted by atomic mass is 9.73. The third kappa shape index (κ3) is 4.12. The highest BCUT2D eigenvalue weighted by molar-refractivity contribution is 4.84. The van der Waals surface area contributed by atoms with Crippen LogP contribution >= 0.6 is 0 Å². The predicted molar refractivity (Wildman–Crippen MR) is 65.0 cm³/mol. The molecule has 3 unspecified atom stereocenters. The lowest BCUT2D eigenvalue weighted by Gasteiger charge is -2.38. The van der Waals surface area contributed by atoms with Crippen LogP contribution in [0.5, 0.6) is 0 Å². The molecule has 1 N–H and O–H groups in total. The molecule has 0 amide bonds. The monoisotopic (exact) mass is 213 g/mol. The van der Waals surface area contributed by atoms with E-state index >= 15 is 0 Å². The van der Waals surface area contributed by atoms with Crippen LogP contribution in [0, 0.1) is 17.3 Å². The summed E-state index contributed by atoms with van der Waals surface area (Å²) in [7, 11) is 1.81. The molecule has 0 spiro atoms. The third-order valence-electron chi connectivity index (χ3n) is 3.73. The Kier molecular flexibility index (Phi) is 4.60. The molecule has 1 aliphatic heterocycles. The van der Waals surface area contributed by atoms with Crippen molar-refractivity contribution in [3.05, 3.63) is 0 Å². The topological polar surface area (TPSA) is 21.3 Å². The molecular weight excluding hydrogens is 186 g/mol. The SMILES string of the molecule is COC(C)CC1CNCC(C(C)(C)C)C1. The van der Waals surface area contributed by atoms with Gasteiger partial charge in [0.15, 0.2) is 0 Å². The summed E-state index contributed by atoms with van der Waals surface area (Å²) in [5, 5.41) is 3.57. The number of hydrogen-bond donors (Lipinski definition) is 1. The Labute approximate surface area is 94.8 Å². The minimum Gasteiger partial charge on any atom is -0.382 e. The van der Waals surface area contributed by atoms with Crippen LogP contribution in [-0.2, 0) is 4.74 Å². The molecule has 0 aromatic rings. The highest BCUT2D eigenvalue weighted by Crippen LogP contribution is 2.34. The summed E-state index contributed by atoms with van der Waals surface area (Å²) >= 11 is 0. The van der Waals surface area contributed by atoms with Gasteiger partial charge in [0.1, 0.15) is 0 Å². The van der Waals surface area contributed by atoms with Gasteiger partial charge in [0.05, 0.1) is 6.10 Å². The molecule has 3 atom stereocenters. The molecule has 1 fully saturated rings. The van der Waals surface area contributed by atoms with Crippen LogP contribution in [0.4, 0.5) is 0 Å². The fourth-order valence-corrected chi connectivity index (χ4v) is 2.44. The maximum atomic E-state index is 5.35. The lowest BCUT2D eigenvalue weighted by molar-refractivity contribution is 0.0726. The van der Waals surface area contributed by atoms with E-state index in [1.165, 1.54) is 25.9 Å². The molecule has 2 heteroatoms. The largest absolute Gasteiger partial charge is 0.382 e. The van der Waals surface area contributed by atoms with Crippen molar-refractivity contribution in [2.75, 3.05) is 20.2 Å². The van der Waals surface area contributed by atoms with Crippen molar-refractivity contribution in [1.29, 1.82) is 0 Å². The van der Waals surface area contributed by atoms with Gasteiger partial charge >= 0.3 is 0 Å². The Morgan fingerprint density at radius 3 is 2.53 bits per heavy atom. The molecule has 1 saturated heterocycles. The zero-order chi connectivity index (χ0) is 11.5. The molecule has 2 nitrogen and oxygen atoms in total. The summed E-state index contributed by atoms with van der Waals surface area (Å²) in [4.78, 5) is 0. The Hall–Kier alpha value is -0.0800. The molecule has 0 aromatic heterocycles. The van der Waals surface area contributed by atoms with Crippen LogP contribution in [-0.4, -0.2) is 26.3 Å². The van der Waals surface area contributed by atoms with Crippen molar-refractivity contribution < 1.29 is 4.74 Å². The van der Waals surface area contributed by atoms with Crippen molar-refractivity contribution in [2.24, 2.45) is 17.3 Å². The van der Waals surface area contributed by atoms with Crippen molar-refractivity contribution in [3.63, 3.8) is 0 Å². The molecule has 0 aromatic carbocycles. The number of nitrogens with one attached hydrogen (secondary N) is 1. The second-order valence-corrected chi connectivity index (χ2v) is 6.10. The Balaban J connectivity index is 2.42. The third-order valence-corrected chi connectivity index (χ3v) is 3.73. The molecular formula is C13H27NO. The summed E-state index contributed by atoms with van der Waals surface area (Å²) in [6, 6.07) is 0. The van der Waals surface area contributed by atoms with Crippen molar-refractivity contribution >= 4 is 0 Å². The lowest BCUT2D eigenvalue weighted by Crippen LogP contribution is -2.42. The molecule has 1 aliphatic rings. The number of piperidine rings is 1. The van der Waals surface area contributed by atoms with Crippen LogP contribution in [0.2, 0.25) is 0 Å². The Bertz CT molecular complexity index is 185. The second kappa shape index (κ2) is 5.31. The van der Waals surface area contributed by atoms with Crippen LogP contribution < -0.4 is 5.32 Å². The second-order valence-electron chi connectivity index (χ2n) is 6.10. The van der Waals surface area contributed by atoms with Crippen molar-refractivity contribution in [2.45, 2.75) is 46.6 Å².